The minimum atomic E-state index is -0.998. The van der Waals surface area contributed by atoms with Crippen LogP contribution in [0.2, 0.25) is 0 Å². The summed E-state index contributed by atoms with van der Waals surface area (Å²) in [5.41, 5.74) is 5.50. The molecular weight excluding hydrogens is 444 g/mol. The molecule has 1 saturated carbocycles. The number of fused-ring (bicyclic) bond motifs is 3. The lowest BCUT2D eigenvalue weighted by Crippen LogP contribution is -2.52. The molecule has 3 atom stereocenters. The molecule has 0 radical (unpaired) electrons. The molecule has 5 aliphatic rings. The van der Waals surface area contributed by atoms with Crippen molar-refractivity contribution in [2.75, 3.05) is 60.6 Å². The first-order chi connectivity index (χ1) is 16.6. The quantitative estimate of drug-likeness (QED) is 0.660. The van der Waals surface area contributed by atoms with Crippen LogP contribution in [0.1, 0.15) is 36.1 Å². The van der Waals surface area contributed by atoms with Crippen LogP contribution in [0.5, 0.6) is 0 Å². The van der Waals surface area contributed by atoms with E-state index in [-0.39, 0.29) is 5.54 Å². The molecule has 3 aliphatic heterocycles. The molecule has 1 aromatic carbocycles. The van der Waals surface area contributed by atoms with E-state index >= 15 is 0 Å². The molecule has 3 unspecified atom stereocenters. The SMILES string of the molecule is CNCC1(Nc2nc(N3CC4CN(c5ccc6c(c5)CC6)CC4C3)nc3c2S(=O)CC3)CCC1. The minimum Gasteiger partial charge on any atom is -0.371 e. The molecule has 2 saturated heterocycles. The molecule has 2 aliphatic carbocycles. The third-order valence-electron chi connectivity index (χ3n) is 8.87. The topological polar surface area (TPSA) is 73.4 Å². The first-order valence-electron chi connectivity index (χ1n) is 12.9. The Morgan fingerprint density at radius 3 is 2.44 bits per heavy atom. The molecule has 0 amide bonds. The fourth-order valence-electron chi connectivity index (χ4n) is 6.69. The van der Waals surface area contributed by atoms with Gasteiger partial charge in [-0.15, -0.1) is 0 Å². The molecule has 8 heteroatoms. The molecule has 0 bridgehead atoms. The zero-order valence-corrected chi connectivity index (χ0v) is 20.8. The third kappa shape index (κ3) is 3.36. The number of hydrogen-bond acceptors (Lipinski definition) is 7. The van der Waals surface area contributed by atoms with Gasteiger partial charge in [0.2, 0.25) is 5.95 Å². The smallest absolute Gasteiger partial charge is 0.227 e. The summed E-state index contributed by atoms with van der Waals surface area (Å²) in [6.07, 6.45) is 6.76. The normalized spacial score (nSPS) is 28.2. The molecule has 4 heterocycles. The molecule has 2 N–H and O–H groups in total. The standard InChI is InChI=1S/C26H34N6OS/c1-27-16-26(8-2-9-26)30-24-23-22(7-10-34(23)33)28-25(29-24)32-14-19-12-31(13-20(19)15-32)21-6-5-17-3-4-18(17)11-21/h5-6,11,19-20,27H,2-4,7-10,12-16H2,1H3,(H,28,29,30). The van der Waals surface area contributed by atoms with Crippen molar-refractivity contribution < 1.29 is 4.21 Å². The summed E-state index contributed by atoms with van der Waals surface area (Å²) in [6, 6.07) is 7.06. The van der Waals surface area contributed by atoms with E-state index in [0.29, 0.717) is 17.6 Å². The predicted molar refractivity (Wildman–Crippen MR) is 136 cm³/mol. The number of benzene rings is 1. The van der Waals surface area contributed by atoms with Crippen molar-refractivity contribution in [3.05, 3.63) is 35.0 Å². The number of likely N-dealkylation sites (N-methyl/N-ethyl adjacent to an activating group) is 1. The summed E-state index contributed by atoms with van der Waals surface area (Å²) in [4.78, 5) is 15.8. The highest BCUT2D eigenvalue weighted by molar-refractivity contribution is 7.85. The number of hydrogen-bond donors (Lipinski definition) is 2. The van der Waals surface area contributed by atoms with E-state index in [1.165, 1.54) is 30.5 Å². The summed E-state index contributed by atoms with van der Waals surface area (Å²) in [5, 5.41) is 7.08. The van der Waals surface area contributed by atoms with Crippen LogP contribution in [0.3, 0.4) is 0 Å². The van der Waals surface area contributed by atoms with Crippen molar-refractivity contribution in [2.24, 2.45) is 11.8 Å². The van der Waals surface area contributed by atoms with E-state index in [2.05, 4.69) is 38.6 Å². The summed E-state index contributed by atoms with van der Waals surface area (Å²) in [5.74, 6) is 3.63. The Morgan fingerprint density at radius 1 is 1.03 bits per heavy atom. The van der Waals surface area contributed by atoms with Gasteiger partial charge in [-0.25, -0.2) is 4.98 Å². The molecule has 2 aromatic rings. The van der Waals surface area contributed by atoms with Crippen molar-refractivity contribution in [3.63, 3.8) is 0 Å². The Hall–Kier alpha value is -2.19. The zero-order chi connectivity index (χ0) is 22.9. The fourth-order valence-corrected chi connectivity index (χ4v) is 8.00. The number of rotatable bonds is 6. The van der Waals surface area contributed by atoms with Crippen LogP contribution in [-0.2, 0) is 30.1 Å². The van der Waals surface area contributed by atoms with Crippen LogP contribution in [0.25, 0.3) is 0 Å². The van der Waals surface area contributed by atoms with Crippen LogP contribution in [0.4, 0.5) is 17.5 Å². The molecule has 3 fully saturated rings. The van der Waals surface area contributed by atoms with Crippen LogP contribution in [0.15, 0.2) is 23.1 Å². The van der Waals surface area contributed by atoms with Gasteiger partial charge >= 0.3 is 0 Å². The van der Waals surface area contributed by atoms with Crippen molar-refractivity contribution in [2.45, 2.75) is 49.0 Å². The highest BCUT2D eigenvalue weighted by atomic mass is 32.2. The molecule has 34 heavy (non-hydrogen) atoms. The Morgan fingerprint density at radius 2 is 1.79 bits per heavy atom. The summed E-state index contributed by atoms with van der Waals surface area (Å²) >= 11 is 0. The lowest BCUT2D eigenvalue weighted by molar-refractivity contribution is 0.271. The second-order valence-electron chi connectivity index (χ2n) is 11.0. The van der Waals surface area contributed by atoms with Crippen LogP contribution < -0.4 is 20.4 Å². The molecule has 180 valence electrons. The van der Waals surface area contributed by atoms with Crippen LogP contribution >= 0.6 is 0 Å². The Kier molecular flexibility index (Phi) is 4.92. The van der Waals surface area contributed by atoms with Gasteiger partial charge in [0.15, 0.2) is 0 Å². The second kappa shape index (κ2) is 7.92. The summed E-state index contributed by atoms with van der Waals surface area (Å²) in [6.45, 7) is 5.15. The van der Waals surface area contributed by atoms with Gasteiger partial charge in [-0.3, -0.25) is 4.21 Å². The fraction of sp³-hybridized carbons (Fsp3) is 0.615. The van der Waals surface area contributed by atoms with Gasteiger partial charge in [0, 0.05) is 62.4 Å². The Labute approximate surface area is 204 Å². The maximum atomic E-state index is 12.8. The molecular formula is C26H34N6OS. The molecule has 7 rings (SSSR count). The zero-order valence-electron chi connectivity index (χ0n) is 20.0. The van der Waals surface area contributed by atoms with Gasteiger partial charge in [0.1, 0.15) is 10.7 Å². The number of aryl methyl sites for hydroxylation is 3. The molecule has 7 nitrogen and oxygen atoms in total. The van der Waals surface area contributed by atoms with Crippen LogP contribution in [0, 0.1) is 11.8 Å². The lowest BCUT2D eigenvalue weighted by Gasteiger charge is -2.43. The van der Waals surface area contributed by atoms with Crippen molar-refractivity contribution in [1.29, 1.82) is 0 Å². The first-order valence-corrected chi connectivity index (χ1v) is 14.3. The van der Waals surface area contributed by atoms with E-state index in [0.717, 1.165) is 74.3 Å². The average Bonchev–Trinajstić information content (AvgIpc) is 3.46. The Balaban J connectivity index is 1.11. The number of nitrogens with zero attached hydrogens (tertiary/aromatic N) is 4. The van der Waals surface area contributed by atoms with Gasteiger partial charge in [0.05, 0.1) is 22.0 Å². The van der Waals surface area contributed by atoms with Gasteiger partial charge in [0.25, 0.3) is 0 Å². The monoisotopic (exact) mass is 478 g/mol. The third-order valence-corrected chi connectivity index (χ3v) is 10.3. The van der Waals surface area contributed by atoms with E-state index in [4.69, 9.17) is 9.97 Å². The van der Waals surface area contributed by atoms with Crippen molar-refractivity contribution in [3.8, 4) is 0 Å². The largest absolute Gasteiger partial charge is 0.371 e. The lowest BCUT2D eigenvalue weighted by atomic mass is 9.76. The van der Waals surface area contributed by atoms with Crippen LogP contribution in [-0.4, -0.2) is 65.2 Å². The highest BCUT2D eigenvalue weighted by Gasteiger charge is 2.43. The number of anilines is 3. The number of nitrogens with one attached hydrogen (secondary N) is 2. The van der Waals surface area contributed by atoms with Gasteiger partial charge in [-0.05, 0) is 62.4 Å². The summed E-state index contributed by atoms with van der Waals surface area (Å²) in [7, 11) is 1.01. The first kappa shape index (κ1) is 21.1. The van der Waals surface area contributed by atoms with E-state index in [1.54, 1.807) is 5.56 Å². The Bertz CT molecular complexity index is 1150. The highest BCUT2D eigenvalue weighted by Crippen LogP contribution is 2.40. The van der Waals surface area contributed by atoms with Gasteiger partial charge in [-0.1, -0.05) is 6.07 Å². The second-order valence-corrected chi connectivity index (χ2v) is 12.5. The van der Waals surface area contributed by atoms with E-state index < -0.39 is 10.8 Å². The molecule has 1 aromatic heterocycles. The average molecular weight is 479 g/mol. The van der Waals surface area contributed by atoms with E-state index in [9.17, 15) is 4.21 Å². The summed E-state index contributed by atoms with van der Waals surface area (Å²) < 4.78 is 12.8. The van der Waals surface area contributed by atoms with E-state index in [1.807, 2.05) is 7.05 Å². The van der Waals surface area contributed by atoms with Gasteiger partial charge < -0.3 is 20.4 Å². The maximum Gasteiger partial charge on any atom is 0.227 e. The molecule has 0 spiro atoms. The number of aromatic nitrogens is 2. The van der Waals surface area contributed by atoms with Crippen molar-refractivity contribution in [1.82, 2.24) is 15.3 Å². The van der Waals surface area contributed by atoms with Gasteiger partial charge in [-0.2, -0.15) is 4.98 Å². The maximum absolute atomic E-state index is 12.8. The van der Waals surface area contributed by atoms with Crippen molar-refractivity contribution >= 4 is 28.3 Å². The predicted octanol–water partition coefficient (Wildman–Crippen LogP) is 2.37. The minimum absolute atomic E-state index is 0.0277.